The molecule has 444 valence electrons. The summed E-state index contributed by atoms with van der Waals surface area (Å²) in [7, 11) is 0. The third-order valence-corrected chi connectivity index (χ3v) is 14.4. The maximum atomic E-state index is 12.9. The number of unbranched alkanes of at least 4 members (excludes halogenated alkanes) is 35. The normalized spacial score (nSPS) is 12.6. The number of allylic oxidation sites excluding steroid dienone is 14. The van der Waals surface area contributed by atoms with Crippen molar-refractivity contribution < 1.29 is 28.6 Å². The number of carbonyl (C=O) groups excluding carboxylic acids is 3. The first-order valence-electron chi connectivity index (χ1n) is 33.1. The number of hydrogen-bond acceptors (Lipinski definition) is 6. The topological polar surface area (TPSA) is 78.9 Å². The molecule has 6 heteroatoms. The second kappa shape index (κ2) is 65.1. The third-order valence-electron chi connectivity index (χ3n) is 14.4. The van der Waals surface area contributed by atoms with Gasteiger partial charge in [-0.1, -0.05) is 305 Å². The molecule has 6 nitrogen and oxygen atoms in total. The van der Waals surface area contributed by atoms with Crippen molar-refractivity contribution in [3.63, 3.8) is 0 Å². The van der Waals surface area contributed by atoms with E-state index in [9.17, 15) is 14.4 Å². The number of esters is 3. The molecule has 77 heavy (non-hydrogen) atoms. The van der Waals surface area contributed by atoms with Crippen LogP contribution in [-0.4, -0.2) is 37.2 Å². The van der Waals surface area contributed by atoms with E-state index in [4.69, 9.17) is 14.2 Å². The van der Waals surface area contributed by atoms with Crippen LogP contribution in [0.5, 0.6) is 0 Å². The second-order valence-corrected chi connectivity index (χ2v) is 22.0. The largest absolute Gasteiger partial charge is 0.462 e. The van der Waals surface area contributed by atoms with E-state index in [1.165, 1.54) is 199 Å². The summed E-state index contributed by atoms with van der Waals surface area (Å²) in [6.45, 7) is 6.50. The lowest BCUT2D eigenvalue weighted by Crippen LogP contribution is -2.30. The number of rotatable bonds is 60. The van der Waals surface area contributed by atoms with Gasteiger partial charge in [-0.05, 0) is 89.9 Å². The highest BCUT2D eigenvalue weighted by Gasteiger charge is 2.19. The molecule has 0 saturated heterocycles. The molecule has 0 aliphatic carbocycles. The van der Waals surface area contributed by atoms with Gasteiger partial charge in [-0.25, -0.2) is 0 Å². The van der Waals surface area contributed by atoms with Crippen LogP contribution >= 0.6 is 0 Å². The Morgan fingerprint density at radius 1 is 0.273 bits per heavy atom. The van der Waals surface area contributed by atoms with Crippen molar-refractivity contribution in [3.05, 3.63) is 85.1 Å². The first-order chi connectivity index (χ1) is 38.0. The zero-order valence-electron chi connectivity index (χ0n) is 51.0. The average molecular weight is 1070 g/mol. The molecule has 0 amide bonds. The molecule has 0 fully saturated rings. The smallest absolute Gasteiger partial charge is 0.306 e. The number of hydrogen-bond donors (Lipinski definition) is 0. The van der Waals surface area contributed by atoms with Gasteiger partial charge in [0.15, 0.2) is 6.10 Å². The van der Waals surface area contributed by atoms with Gasteiger partial charge in [0, 0.05) is 19.3 Å². The minimum atomic E-state index is -0.805. The Balaban J connectivity index is 4.26. The van der Waals surface area contributed by atoms with Gasteiger partial charge in [-0.2, -0.15) is 0 Å². The fourth-order valence-corrected chi connectivity index (χ4v) is 9.45. The Morgan fingerprint density at radius 2 is 0.519 bits per heavy atom. The Labute approximate surface area is 477 Å². The Morgan fingerprint density at radius 3 is 0.831 bits per heavy atom. The van der Waals surface area contributed by atoms with Crippen molar-refractivity contribution in [1.29, 1.82) is 0 Å². The molecule has 0 aliphatic rings. The monoisotopic (exact) mass is 1070 g/mol. The van der Waals surface area contributed by atoms with Crippen LogP contribution in [-0.2, 0) is 28.6 Å². The summed E-state index contributed by atoms with van der Waals surface area (Å²) in [6, 6.07) is 0. The Hall–Kier alpha value is -3.41. The van der Waals surface area contributed by atoms with Crippen LogP contribution in [0.15, 0.2) is 85.1 Å². The maximum absolute atomic E-state index is 12.9. The summed E-state index contributed by atoms with van der Waals surface area (Å²) in [4.78, 5) is 38.3. The van der Waals surface area contributed by atoms with Crippen LogP contribution in [0, 0.1) is 0 Å². The summed E-state index contributed by atoms with van der Waals surface area (Å²) in [5, 5.41) is 0. The van der Waals surface area contributed by atoms with E-state index in [0.717, 1.165) is 83.5 Å². The maximum Gasteiger partial charge on any atom is 0.306 e. The summed E-state index contributed by atoms with van der Waals surface area (Å²) in [5.41, 5.74) is 0. The summed E-state index contributed by atoms with van der Waals surface area (Å²) in [6.07, 6.45) is 86.1. The van der Waals surface area contributed by atoms with Crippen LogP contribution in [0.3, 0.4) is 0 Å². The van der Waals surface area contributed by atoms with Crippen molar-refractivity contribution in [2.75, 3.05) is 13.2 Å². The molecule has 0 aliphatic heterocycles. The van der Waals surface area contributed by atoms with Crippen molar-refractivity contribution in [2.45, 2.75) is 335 Å². The average Bonchev–Trinajstić information content (AvgIpc) is 3.43. The van der Waals surface area contributed by atoms with E-state index in [2.05, 4.69) is 106 Å². The van der Waals surface area contributed by atoms with Crippen LogP contribution in [0.2, 0.25) is 0 Å². The van der Waals surface area contributed by atoms with Crippen LogP contribution in [0.25, 0.3) is 0 Å². The summed E-state index contributed by atoms with van der Waals surface area (Å²) >= 11 is 0. The molecule has 0 spiro atoms. The molecule has 0 heterocycles. The van der Waals surface area contributed by atoms with Crippen LogP contribution in [0.4, 0.5) is 0 Å². The van der Waals surface area contributed by atoms with Crippen molar-refractivity contribution in [2.24, 2.45) is 0 Å². The molecule has 0 rings (SSSR count). The molecular weight excluding hydrogens is 949 g/mol. The summed E-state index contributed by atoms with van der Waals surface area (Å²) in [5.74, 6) is -0.940. The Kier molecular flexibility index (Phi) is 62.2. The van der Waals surface area contributed by atoms with Gasteiger partial charge >= 0.3 is 17.9 Å². The fraction of sp³-hybridized carbons (Fsp3) is 0.761. The lowest BCUT2D eigenvalue weighted by atomic mass is 10.0. The second-order valence-electron chi connectivity index (χ2n) is 22.0. The Bertz CT molecular complexity index is 1470. The van der Waals surface area contributed by atoms with E-state index >= 15 is 0 Å². The third kappa shape index (κ3) is 63.3. The van der Waals surface area contributed by atoms with Crippen molar-refractivity contribution in [1.82, 2.24) is 0 Å². The van der Waals surface area contributed by atoms with E-state index in [1.54, 1.807) is 0 Å². The lowest BCUT2D eigenvalue weighted by molar-refractivity contribution is -0.167. The van der Waals surface area contributed by atoms with Gasteiger partial charge < -0.3 is 14.2 Å². The zero-order chi connectivity index (χ0) is 55.7. The fourth-order valence-electron chi connectivity index (χ4n) is 9.45. The van der Waals surface area contributed by atoms with Gasteiger partial charge in [-0.3, -0.25) is 14.4 Å². The van der Waals surface area contributed by atoms with E-state index in [0.29, 0.717) is 19.3 Å². The standard InChI is InChI=1S/C71H124O6/c1-4-7-10-13-16-19-22-25-27-29-30-31-32-33-34-35-36-37-38-39-40-42-43-46-49-52-55-58-61-64-70(73)76-67-68(66-75-69(72)63-60-57-54-51-48-45-24-21-18-15-12-9-6-3)77-71(74)65-62-59-56-53-50-47-44-41-28-26-23-20-17-14-11-8-5-2/h8,11,17,20,22,25-26,28-30,44,47,53,56,68H,4-7,9-10,12-16,18-19,21,23-24,27,31-43,45-46,48-52,54-55,57-67H2,1-3H3/b11-8-,20-17-,25-22-,28-26-,30-29-,47-44-,56-53-. The van der Waals surface area contributed by atoms with Crippen LogP contribution < -0.4 is 0 Å². The predicted octanol–water partition coefficient (Wildman–Crippen LogP) is 22.7. The first kappa shape index (κ1) is 73.6. The van der Waals surface area contributed by atoms with Crippen LogP contribution in [0.1, 0.15) is 329 Å². The molecule has 0 bridgehead atoms. The highest BCUT2D eigenvalue weighted by Crippen LogP contribution is 2.17. The molecule has 0 N–H and O–H groups in total. The van der Waals surface area contributed by atoms with Crippen molar-refractivity contribution >= 4 is 17.9 Å². The molecule has 1 atom stereocenters. The van der Waals surface area contributed by atoms with Gasteiger partial charge in [0.1, 0.15) is 13.2 Å². The summed E-state index contributed by atoms with van der Waals surface area (Å²) < 4.78 is 16.9. The first-order valence-corrected chi connectivity index (χ1v) is 33.1. The highest BCUT2D eigenvalue weighted by atomic mass is 16.6. The van der Waals surface area contributed by atoms with E-state index in [-0.39, 0.29) is 37.5 Å². The minimum Gasteiger partial charge on any atom is -0.462 e. The molecule has 0 aromatic carbocycles. The molecular formula is C71H124O6. The molecule has 0 aromatic rings. The molecule has 1 unspecified atom stereocenters. The molecule has 0 saturated carbocycles. The van der Waals surface area contributed by atoms with Crippen molar-refractivity contribution in [3.8, 4) is 0 Å². The minimum absolute atomic E-state index is 0.0954. The zero-order valence-corrected chi connectivity index (χ0v) is 51.0. The predicted molar refractivity (Wildman–Crippen MR) is 334 cm³/mol. The van der Waals surface area contributed by atoms with Gasteiger partial charge in [0.05, 0.1) is 0 Å². The molecule has 0 radical (unpaired) electrons. The van der Waals surface area contributed by atoms with Gasteiger partial charge in [-0.15, -0.1) is 0 Å². The quantitative estimate of drug-likeness (QED) is 0.0261. The number of ether oxygens (including phenoxy) is 3. The molecule has 0 aromatic heterocycles. The lowest BCUT2D eigenvalue weighted by Gasteiger charge is -2.18. The van der Waals surface area contributed by atoms with E-state index in [1.807, 2.05) is 0 Å². The highest BCUT2D eigenvalue weighted by molar-refractivity contribution is 5.71. The number of carbonyl (C=O) groups is 3. The van der Waals surface area contributed by atoms with E-state index < -0.39 is 6.10 Å². The SMILES string of the molecule is CC/C=C\C/C=C\C/C=C\C/C=C\C/C=C\CCCC(=O)OC(COC(=O)CCCCCCCCCCCCCCC)COC(=O)CCCCCCCCCCCCCCCCCCC/C=C\C/C=C\CCCCCCC. The van der Waals surface area contributed by atoms with Gasteiger partial charge in [0.2, 0.25) is 0 Å². The van der Waals surface area contributed by atoms with Gasteiger partial charge in [0.25, 0.3) is 0 Å².